The first-order valence-corrected chi connectivity index (χ1v) is 4.83. The maximum atomic E-state index is 9.06. The summed E-state index contributed by atoms with van der Waals surface area (Å²) in [5, 5.41) is 9.06. The van der Waals surface area contributed by atoms with Crippen molar-refractivity contribution < 1.29 is 9.47 Å². The summed E-state index contributed by atoms with van der Waals surface area (Å²) in [5.41, 5.74) is 1.54. The fraction of sp³-hybridized carbons (Fsp3) is 0.455. The first-order chi connectivity index (χ1) is 7.30. The Bertz CT molecular complexity index is 419. The predicted molar refractivity (Wildman–Crippen MR) is 54.0 cm³/mol. The summed E-state index contributed by atoms with van der Waals surface area (Å²) >= 11 is 0. The molecule has 1 saturated carbocycles. The maximum Gasteiger partial charge on any atom is 0.235 e. The van der Waals surface area contributed by atoms with Crippen LogP contribution >= 0.6 is 0 Å². The molecule has 1 aromatic heterocycles. The van der Waals surface area contributed by atoms with Gasteiger partial charge in [0.15, 0.2) is 0 Å². The number of rotatable bonds is 3. The van der Waals surface area contributed by atoms with Crippen molar-refractivity contribution in [1.82, 2.24) is 4.98 Å². The molecule has 0 aromatic carbocycles. The molecule has 0 aliphatic heterocycles. The Kier molecular flexibility index (Phi) is 2.46. The van der Waals surface area contributed by atoms with Gasteiger partial charge in [-0.3, -0.25) is 0 Å². The number of hydrogen-bond acceptors (Lipinski definition) is 4. The van der Waals surface area contributed by atoms with Gasteiger partial charge in [-0.25, -0.2) is 0 Å². The quantitative estimate of drug-likeness (QED) is 0.753. The van der Waals surface area contributed by atoms with Gasteiger partial charge < -0.3 is 9.47 Å². The molecule has 1 aliphatic carbocycles. The normalized spacial score (nSPS) is 14.5. The average Bonchev–Trinajstić information content (AvgIpc) is 3.10. The molecule has 0 atom stereocenters. The van der Waals surface area contributed by atoms with E-state index in [0.717, 1.165) is 18.4 Å². The Morgan fingerprint density at radius 2 is 2.13 bits per heavy atom. The van der Waals surface area contributed by atoms with Crippen LogP contribution in [0.4, 0.5) is 0 Å². The lowest BCUT2D eigenvalue weighted by Crippen LogP contribution is -1.99. The molecule has 0 spiro atoms. The van der Waals surface area contributed by atoms with Gasteiger partial charge in [0.05, 0.1) is 14.2 Å². The molecule has 4 heteroatoms. The number of ether oxygens (including phenoxy) is 2. The van der Waals surface area contributed by atoms with E-state index in [-0.39, 0.29) is 0 Å². The molecule has 1 aliphatic rings. The van der Waals surface area contributed by atoms with Gasteiger partial charge in [0.25, 0.3) is 0 Å². The zero-order valence-corrected chi connectivity index (χ0v) is 8.78. The predicted octanol–water partition coefficient (Wildman–Crippen LogP) is 1.85. The summed E-state index contributed by atoms with van der Waals surface area (Å²) in [5.74, 6) is 1.34. The zero-order chi connectivity index (χ0) is 10.8. The summed E-state index contributed by atoms with van der Waals surface area (Å²) in [7, 11) is 3.07. The second-order valence-corrected chi connectivity index (χ2v) is 3.52. The van der Waals surface area contributed by atoms with Gasteiger partial charge in [-0.05, 0) is 24.3 Å². The molecular formula is C11H12N2O2. The van der Waals surface area contributed by atoms with Crippen molar-refractivity contribution in [3.05, 3.63) is 17.2 Å². The third-order valence-corrected chi connectivity index (χ3v) is 2.52. The number of nitriles is 1. The molecule has 0 unspecified atom stereocenters. The molecule has 1 aromatic rings. The smallest absolute Gasteiger partial charge is 0.235 e. The molecule has 0 saturated heterocycles. The van der Waals surface area contributed by atoms with Gasteiger partial charge in [-0.2, -0.15) is 10.2 Å². The first kappa shape index (κ1) is 9.78. The van der Waals surface area contributed by atoms with E-state index in [9.17, 15) is 0 Å². The van der Waals surface area contributed by atoms with E-state index in [1.807, 2.05) is 6.07 Å². The van der Waals surface area contributed by atoms with Gasteiger partial charge in [0.2, 0.25) is 11.8 Å². The third kappa shape index (κ3) is 1.73. The van der Waals surface area contributed by atoms with Crippen LogP contribution in [0.15, 0.2) is 6.07 Å². The van der Waals surface area contributed by atoms with E-state index in [1.165, 1.54) is 7.11 Å². The van der Waals surface area contributed by atoms with Gasteiger partial charge in [0, 0.05) is 6.07 Å². The lowest BCUT2D eigenvalue weighted by Gasteiger charge is -2.09. The molecule has 0 bridgehead atoms. The van der Waals surface area contributed by atoms with E-state index < -0.39 is 0 Å². The van der Waals surface area contributed by atoms with E-state index >= 15 is 0 Å². The fourth-order valence-electron chi connectivity index (χ4n) is 1.60. The van der Waals surface area contributed by atoms with E-state index in [4.69, 9.17) is 14.7 Å². The Morgan fingerprint density at radius 3 is 2.60 bits per heavy atom. The van der Waals surface area contributed by atoms with Crippen molar-refractivity contribution in [2.24, 2.45) is 0 Å². The molecule has 0 radical (unpaired) electrons. The van der Waals surface area contributed by atoms with Crippen molar-refractivity contribution >= 4 is 0 Å². The summed E-state index contributed by atoms with van der Waals surface area (Å²) in [6.45, 7) is 0. The molecule has 4 nitrogen and oxygen atoms in total. The van der Waals surface area contributed by atoms with Crippen molar-refractivity contribution in [2.75, 3.05) is 14.2 Å². The van der Waals surface area contributed by atoms with Crippen LogP contribution in [0.2, 0.25) is 0 Å². The highest BCUT2D eigenvalue weighted by atomic mass is 16.5. The van der Waals surface area contributed by atoms with Crippen LogP contribution in [0.25, 0.3) is 0 Å². The fourth-order valence-corrected chi connectivity index (χ4v) is 1.60. The monoisotopic (exact) mass is 204 g/mol. The first-order valence-electron chi connectivity index (χ1n) is 4.83. The van der Waals surface area contributed by atoms with Crippen molar-refractivity contribution in [3.63, 3.8) is 0 Å². The summed E-state index contributed by atoms with van der Waals surface area (Å²) in [6.07, 6.45) is 2.26. The van der Waals surface area contributed by atoms with Crippen molar-refractivity contribution in [3.8, 4) is 17.8 Å². The lowest BCUT2D eigenvalue weighted by molar-refractivity contribution is 0.362. The molecule has 1 heterocycles. The number of pyridine rings is 1. The van der Waals surface area contributed by atoms with Crippen LogP contribution in [0.3, 0.4) is 0 Å². The second kappa shape index (κ2) is 3.77. The number of aromatic nitrogens is 1. The summed E-state index contributed by atoms with van der Waals surface area (Å²) < 4.78 is 10.2. The number of methoxy groups -OCH3 is 2. The molecule has 15 heavy (non-hydrogen) atoms. The summed E-state index contributed by atoms with van der Waals surface area (Å²) in [4.78, 5) is 4.08. The molecule has 0 amide bonds. The third-order valence-electron chi connectivity index (χ3n) is 2.52. The van der Waals surface area contributed by atoms with Gasteiger partial charge >= 0.3 is 0 Å². The molecule has 0 N–H and O–H groups in total. The highest BCUT2D eigenvalue weighted by Gasteiger charge is 2.29. The number of nitrogens with zero attached hydrogens (tertiary/aromatic N) is 2. The Balaban J connectivity index is 2.54. The van der Waals surface area contributed by atoms with Gasteiger partial charge in [-0.1, -0.05) is 0 Å². The Morgan fingerprint density at radius 1 is 1.40 bits per heavy atom. The largest absolute Gasteiger partial charge is 0.481 e. The molecule has 78 valence electrons. The standard InChI is InChI=1S/C11H12N2O2/c1-14-10-5-8(7-3-4-7)9(6-12)11(13-10)15-2/h5,7H,3-4H2,1-2H3. The van der Waals surface area contributed by atoms with Crippen LogP contribution < -0.4 is 9.47 Å². The topological polar surface area (TPSA) is 55.1 Å². The lowest BCUT2D eigenvalue weighted by atomic mass is 10.1. The van der Waals surface area contributed by atoms with Crippen molar-refractivity contribution in [2.45, 2.75) is 18.8 Å². The Labute approximate surface area is 88.5 Å². The molecule has 1 fully saturated rings. The molecular weight excluding hydrogens is 192 g/mol. The van der Waals surface area contributed by atoms with Crippen LogP contribution in [-0.4, -0.2) is 19.2 Å². The zero-order valence-electron chi connectivity index (χ0n) is 8.78. The van der Waals surface area contributed by atoms with Crippen LogP contribution in [0.5, 0.6) is 11.8 Å². The minimum Gasteiger partial charge on any atom is -0.481 e. The van der Waals surface area contributed by atoms with Gasteiger partial charge in [0.1, 0.15) is 11.6 Å². The molecule has 2 rings (SSSR count). The highest BCUT2D eigenvalue weighted by Crippen LogP contribution is 2.44. The van der Waals surface area contributed by atoms with Crippen LogP contribution in [-0.2, 0) is 0 Å². The maximum absolute atomic E-state index is 9.06. The van der Waals surface area contributed by atoms with Crippen LogP contribution in [0.1, 0.15) is 29.9 Å². The van der Waals surface area contributed by atoms with Gasteiger partial charge in [-0.15, -0.1) is 0 Å². The Hall–Kier alpha value is -1.76. The second-order valence-electron chi connectivity index (χ2n) is 3.52. The van der Waals surface area contributed by atoms with Crippen molar-refractivity contribution in [1.29, 1.82) is 5.26 Å². The minimum absolute atomic E-state index is 0.360. The van der Waals surface area contributed by atoms with E-state index in [0.29, 0.717) is 23.2 Å². The SMILES string of the molecule is COc1cc(C2CC2)c(C#N)c(OC)n1. The van der Waals surface area contributed by atoms with E-state index in [2.05, 4.69) is 11.1 Å². The highest BCUT2D eigenvalue weighted by molar-refractivity contribution is 5.50. The van der Waals surface area contributed by atoms with E-state index in [1.54, 1.807) is 7.11 Å². The number of hydrogen-bond donors (Lipinski definition) is 0. The summed E-state index contributed by atoms with van der Waals surface area (Å²) in [6, 6.07) is 3.98. The minimum atomic E-state index is 0.360. The van der Waals surface area contributed by atoms with Crippen LogP contribution in [0, 0.1) is 11.3 Å². The average molecular weight is 204 g/mol.